The molecule has 15 heavy (non-hydrogen) atoms. The molecule has 0 atom stereocenters. The smallest absolute Gasteiger partial charge is 0.174 e. The van der Waals surface area contributed by atoms with Crippen molar-refractivity contribution >= 4 is 33.0 Å². The van der Waals surface area contributed by atoms with Gasteiger partial charge in [-0.3, -0.25) is 4.79 Å². The molecule has 2 rings (SSSR count). The van der Waals surface area contributed by atoms with E-state index in [0.29, 0.717) is 12.3 Å². The van der Waals surface area contributed by atoms with Gasteiger partial charge in [-0.05, 0) is 46.1 Å². The average molecular weight is 289 g/mol. The molecule has 1 aliphatic heterocycles. The van der Waals surface area contributed by atoms with Gasteiger partial charge in [-0.25, -0.2) is 0 Å². The Morgan fingerprint density at radius 3 is 2.87 bits per heavy atom. The fourth-order valence-corrected chi connectivity index (χ4v) is 3.34. The molecule has 0 aliphatic carbocycles. The average Bonchev–Trinajstić information content (AvgIpc) is 2.66. The van der Waals surface area contributed by atoms with Gasteiger partial charge in [-0.2, -0.15) is 0 Å². The molecule has 1 aliphatic rings. The van der Waals surface area contributed by atoms with Crippen molar-refractivity contribution in [2.45, 2.75) is 19.3 Å². The Morgan fingerprint density at radius 1 is 1.53 bits per heavy atom. The maximum Gasteiger partial charge on any atom is 0.174 e. The summed E-state index contributed by atoms with van der Waals surface area (Å²) in [6, 6.07) is 1.93. The highest BCUT2D eigenvalue weighted by Gasteiger charge is 2.20. The van der Waals surface area contributed by atoms with E-state index in [1.807, 2.05) is 11.4 Å². The molecule has 1 saturated heterocycles. The molecule has 0 saturated carbocycles. The third-order valence-electron chi connectivity index (χ3n) is 2.69. The maximum atomic E-state index is 11.9. The number of halogens is 1. The molecule has 2 nitrogen and oxygen atoms in total. The van der Waals surface area contributed by atoms with Gasteiger partial charge in [0.25, 0.3) is 0 Å². The predicted octanol–water partition coefficient (Wildman–Crippen LogP) is 3.51. The van der Waals surface area contributed by atoms with Gasteiger partial charge in [0, 0.05) is 24.1 Å². The molecule has 82 valence electrons. The first-order chi connectivity index (χ1) is 7.27. The van der Waals surface area contributed by atoms with E-state index in [-0.39, 0.29) is 5.78 Å². The number of hydrogen-bond acceptors (Lipinski definition) is 3. The second-order valence-corrected chi connectivity index (χ2v) is 5.55. The van der Waals surface area contributed by atoms with Crippen molar-refractivity contribution < 1.29 is 9.53 Å². The lowest BCUT2D eigenvalue weighted by molar-refractivity contribution is 0.0602. The summed E-state index contributed by atoms with van der Waals surface area (Å²) in [5.74, 6) is 0.782. The molecule has 1 aromatic rings. The lowest BCUT2D eigenvalue weighted by Crippen LogP contribution is -2.18. The van der Waals surface area contributed by atoms with Crippen LogP contribution in [0.1, 0.15) is 28.9 Å². The summed E-state index contributed by atoms with van der Waals surface area (Å²) in [5.41, 5.74) is 0. The van der Waals surface area contributed by atoms with E-state index < -0.39 is 0 Å². The summed E-state index contributed by atoms with van der Waals surface area (Å²) >= 11 is 4.92. The van der Waals surface area contributed by atoms with Crippen molar-refractivity contribution in [1.82, 2.24) is 0 Å². The largest absolute Gasteiger partial charge is 0.381 e. The number of rotatable bonds is 3. The first-order valence-corrected chi connectivity index (χ1v) is 6.78. The Bertz CT molecular complexity index is 342. The van der Waals surface area contributed by atoms with Gasteiger partial charge in [-0.1, -0.05) is 0 Å². The first kappa shape index (κ1) is 11.3. The zero-order valence-corrected chi connectivity index (χ0v) is 10.8. The Hall–Kier alpha value is -0.190. The summed E-state index contributed by atoms with van der Waals surface area (Å²) < 4.78 is 6.21. The summed E-state index contributed by atoms with van der Waals surface area (Å²) in [4.78, 5) is 12.8. The van der Waals surface area contributed by atoms with Crippen LogP contribution in [0.4, 0.5) is 0 Å². The number of carbonyl (C=O) groups excluding carboxylic acids is 1. The van der Waals surface area contributed by atoms with Crippen LogP contribution in [0.15, 0.2) is 15.9 Å². The predicted molar refractivity (Wildman–Crippen MR) is 64.5 cm³/mol. The van der Waals surface area contributed by atoms with E-state index in [1.165, 1.54) is 11.3 Å². The maximum absolute atomic E-state index is 11.9. The Morgan fingerprint density at radius 2 is 2.27 bits per heavy atom. The molecule has 0 N–H and O–H groups in total. The SMILES string of the molecule is O=C(CC1CCOCC1)c1sccc1Br. The van der Waals surface area contributed by atoms with Gasteiger partial charge in [-0.15, -0.1) is 11.3 Å². The molecule has 1 fully saturated rings. The molecule has 0 unspecified atom stereocenters. The third kappa shape index (κ3) is 2.89. The van der Waals surface area contributed by atoms with Crippen LogP contribution in [0.25, 0.3) is 0 Å². The number of ketones is 1. The third-order valence-corrected chi connectivity index (χ3v) is 4.56. The van der Waals surface area contributed by atoms with E-state index >= 15 is 0 Å². The number of Topliss-reactive ketones (excluding diaryl/α,β-unsaturated/α-hetero) is 1. The Balaban J connectivity index is 1.94. The molecule has 1 aromatic heterocycles. The fourth-order valence-electron chi connectivity index (χ4n) is 1.80. The van der Waals surface area contributed by atoms with E-state index in [4.69, 9.17) is 4.74 Å². The Labute approximate surface area is 102 Å². The van der Waals surface area contributed by atoms with E-state index in [2.05, 4.69) is 15.9 Å². The molecule has 2 heterocycles. The summed E-state index contributed by atoms with van der Waals surface area (Å²) in [6.45, 7) is 1.62. The first-order valence-electron chi connectivity index (χ1n) is 5.11. The minimum Gasteiger partial charge on any atom is -0.381 e. The molecule has 0 radical (unpaired) electrons. The molecular weight excluding hydrogens is 276 g/mol. The van der Waals surface area contributed by atoms with Crippen LogP contribution in [-0.2, 0) is 4.74 Å². The van der Waals surface area contributed by atoms with Gasteiger partial charge < -0.3 is 4.74 Å². The minimum absolute atomic E-state index is 0.267. The van der Waals surface area contributed by atoms with Crippen molar-refractivity contribution in [3.8, 4) is 0 Å². The zero-order chi connectivity index (χ0) is 10.7. The monoisotopic (exact) mass is 288 g/mol. The lowest BCUT2D eigenvalue weighted by atomic mass is 9.94. The molecular formula is C11H13BrO2S. The van der Waals surface area contributed by atoms with Crippen LogP contribution in [0.5, 0.6) is 0 Å². The minimum atomic E-state index is 0.267. The van der Waals surface area contributed by atoms with Crippen LogP contribution in [0, 0.1) is 5.92 Å². The van der Waals surface area contributed by atoms with Gasteiger partial charge in [0.1, 0.15) is 0 Å². The van der Waals surface area contributed by atoms with Crippen LogP contribution < -0.4 is 0 Å². The number of thiophene rings is 1. The highest BCUT2D eigenvalue weighted by molar-refractivity contribution is 9.10. The summed E-state index contributed by atoms with van der Waals surface area (Å²) in [5, 5.41) is 1.95. The second kappa shape index (κ2) is 5.23. The Kier molecular flexibility index (Phi) is 3.94. The molecule has 0 aromatic carbocycles. The van der Waals surface area contributed by atoms with E-state index in [9.17, 15) is 4.79 Å². The highest BCUT2D eigenvalue weighted by atomic mass is 79.9. The number of ether oxygens (including phenoxy) is 1. The summed E-state index contributed by atoms with van der Waals surface area (Å²) in [6.07, 6.45) is 2.71. The summed E-state index contributed by atoms with van der Waals surface area (Å²) in [7, 11) is 0. The van der Waals surface area contributed by atoms with Crippen molar-refractivity contribution in [3.05, 3.63) is 20.8 Å². The molecule has 0 bridgehead atoms. The van der Waals surface area contributed by atoms with Crippen LogP contribution >= 0.6 is 27.3 Å². The highest BCUT2D eigenvalue weighted by Crippen LogP contribution is 2.27. The van der Waals surface area contributed by atoms with Crippen LogP contribution in [-0.4, -0.2) is 19.0 Å². The topological polar surface area (TPSA) is 26.3 Å². The molecule has 0 amide bonds. The zero-order valence-electron chi connectivity index (χ0n) is 8.37. The lowest BCUT2D eigenvalue weighted by Gasteiger charge is -2.20. The van der Waals surface area contributed by atoms with Crippen molar-refractivity contribution in [2.24, 2.45) is 5.92 Å². The normalized spacial score (nSPS) is 17.9. The molecule has 4 heteroatoms. The van der Waals surface area contributed by atoms with E-state index in [1.54, 1.807) is 0 Å². The van der Waals surface area contributed by atoms with Crippen LogP contribution in [0.2, 0.25) is 0 Å². The quantitative estimate of drug-likeness (QED) is 0.796. The van der Waals surface area contributed by atoms with Crippen molar-refractivity contribution in [3.63, 3.8) is 0 Å². The number of carbonyl (C=O) groups is 1. The van der Waals surface area contributed by atoms with E-state index in [0.717, 1.165) is 35.4 Å². The molecule has 0 spiro atoms. The van der Waals surface area contributed by atoms with Gasteiger partial charge >= 0.3 is 0 Å². The van der Waals surface area contributed by atoms with Crippen LogP contribution in [0.3, 0.4) is 0 Å². The van der Waals surface area contributed by atoms with Gasteiger partial charge in [0.15, 0.2) is 5.78 Å². The van der Waals surface area contributed by atoms with Gasteiger partial charge in [0.05, 0.1) is 4.88 Å². The fraction of sp³-hybridized carbons (Fsp3) is 0.545. The second-order valence-electron chi connectivity index (χ2n) is 3.78. The number of hydrogen-bond donors (Lipinski definition) is 0. The van der Waals surface area contributed by atoms with Crippen molar-refractivity contribution in [2.75, 3.05) is 13.2 Å². The van der Waals surface area contributed by atoms with Gasteiger partial charge in [0.2, 0.25) is 0 Å². The standard InChI is InChI=1S/C11H13BrO2S/c12-9-3-6-15-11(9)10(13)7-8-1-4-14-5-2-8/h3,6,8H,1-2,4-5,7H2. The van der Waals surface area contributed by atoms with Crippen molar-refractivity contribution in [1.29, 1.82) is 0 Å².